The maximum Gasteiger partial charge on any atom is 0.191 e. The summed E-state index contributed by atoms with van der Waals surface area (Å²) in [5.41, 5.74) is 1.16. The van der Waals surface area contributed by atoms with Gasteiger partial charge in [0, 0.05) is 46.0 Å². The van der Waals surface area contributed by atoms with Gasteiger partial charge < -0.3 is 15.5 Å². The van der Waals surface area contributed by atoms with E-state index in [1.54, 1.807) is 7.05 Å². The zero-order chi connectivity index (χ0) is 15.7. The topological polar surface area (TPSA) is 52.6 Å². The van der Waals surface area contributed by atoms with Crippen molar-refractivity contribution >= 4 is 11.8 Å². The lowest BCUT2D eigenvalue weighted by atomic mass is 10.0. The number of nitrogens with one attached hydrogen (secondary N) is 2. The van der Waals surface area contributed by atoms with Crippen LogP contribution in [0.5, 0.6) is 0 Å². The Morgan fingerprint density at radius 2 is 2.00 bits per heavy atom. The molecule has 21 heavy (non-hydrogen) atoms. The van der Waals surface area contributed by atoms with E-state index in [1.807, 2.05) is 31.3 Å². The molecule has 0 atom stereocenters. The van der Waals surface area contributed by atoms with Gasteiger partial charge in [-0.15, -0.1) is 0 Å². The smallest absolute Gasteiger partial charge is 0.191 e. The van der Waals surface area contributed by atoms with Gasteiger partial charge >= 0.3 is 0 Å². The van der Waals surface area contributed by atoms with Crippen molar-refractivity contribution < 1.29 is 0 Å². The Morgan fingerprint density at radius 1 is 1.29 bits per heavy atom. The molecule has 1 aromatic rings. The molecule has 0 bridgehead atoms. The van der Waals surface area contributed by atoms with Crippen molar-refractivity contribution in [2.45, 2.75) is 33.2 Å². The molecule has 118 valence electrons. The minimum Gasteiger partial charge on any atom is -0.362 e. The molecule has 0 aliphatic carbocycles. The van der Waals surface area contributed by atoms with Crippen molar-refractivity contribution in [3.63, 3.8) is 0 Å². The number of hydrogen-bond acceptors (Lipinski definition) is 3. The summed E-state index contributed by atoms with van der Waals surface area (Å²) in [5, 5.41) is 6.75. The van der Waals surface area contributed by atoms with E-state index in [2.05, 4.69) is 40.5 Å². The third kappa shape index (κ3) is 5.61. The van der Waals surface area contributed by atoms with Gasteiger partial charge in [0.1, 0.15) is 5.82 Å². The summed E-state index contributed by atoms with van der Waals surface area (Å²) in [7, 11) is 5.82. The summed E-state index contributed by atoms with van der Waals surface area (Å²) in [6.07, 6.45) is 4.20. The Labute approximate surface area is 128 Å². The second kappa shape index (κ2) is 9.21. The van der Waals surface area contributed by atoms with Crippen LogP contribution >= 0.6 is 0 Å². The molecule has 0 aliphatic rings. The van der Waals surface area contributed by atoms with Crippen LogP contribution in [-0.4, -0.2) is 38.6 Å². The van der Waals surface area contributed by atoms with Crippen molar-refractivity contribution in [3.8, 4) is 0 Å². The van der Waals surface area contributed by atoms with Crippen molar-refractivity contribution in [2.75, 3.05) is 32.6 Å². The fourth-order valence-electron chi connectivity index (χ4n) is 2.19. The normalized spacial score (nSPS) is 11.6. The molecule has 0 saturated heterocycles. The SMILES string of the molecule is CCC(CC)CNC(=NC)NCc1cccnc1N(C)C. The molecule has 5 heteroatoms. The van der Waals surface area contributed by atoms with Crippen molar-refractivity contribution in [1.29, 1.82) is 0 Å². The van der Waals surface area contributed by atoms with Gasteiger partial charge in [0.25, 0.3) is 0 Å². The maximum absolute atomic E-state index is 4.41. The lowest BCUT2D eigenvalue weighted by Crippen LogP contribution is -2.39. The van der Waals surface area contributed by atoms with E-state index in [-0.39, 0.29) is 0 Å². The molecule has 0 amide bonds. The first-order valence-corrected chi connectivity index (χ1v) is 7.68. The van der Waals surface area contributed by atoms with Crippen LogP contribution in [-0.2, 0) is 6.54 Å². The summed E-state index contributed by atoms with van der Waals surface area (Å²) in [6.45, 7) is 6.13. The molecule has 1 rings (SSSR count). The molecular formula is C16H29N5. The lowest BCUT2D eigenvalue weighted by Gasteiger charge is -2.19. The Morgan fingerprint density at radius 3 is 2.57 bits per heavy atom. The Kier molecular flexibility index (Phi) is 7.58. The second-order valence-corrected chi connectivity index (χ2v) is 5.37. The number of hydrogen-bond donors (Lipinski definition) is 2. The number of guanidine groups is 1. The number of nitrogens with zero attached hydrogens (tertiary/aromatic N) is 3. The summed E-state index contributed by atoms with van der Waals surface area (Å²) >= 11 is 0. The molecule has 0 unspecified atom stereocenters. The first-order chi connectivity index (χ1) is 10.1. The number of pyridine rings is 1. The van der Waals surface area contributed by atoms with E-state index >= 15 is 0 Å². The maximum atomic E-state index is 4.41. The van der Waals surface area contributed by atoms with Gasteiger partial charge in [-0.2, -0.15) is 0 Å². The number of aromatic nitrogens is 1. The minimum atomic E-state index is 0.694. The average Bonchev–Trinajstić information content (AvgIpc) is 2.51. The lowest BCUT2D eigenvalue weighted by molar-refractivity contribution is 0.481. The van der Waals surface area contributed by atoms with Gasteiger partial charge in [-0.1, -0.05) is 32.8 Å². The van der Waals surface area contributed by atoms with Crippen molar-refractivity contribution in [1.82, 2.24) is 15.6 Å². The molecule has 2 N–H and O–H groups in total. The van der Waals surface area contributed by atoms with E-state index < -0.39 is 0 Å². The van der Waals surface area contributed by atoms with Gasteiger partial charge in [-0.25, -0.2) is 4.98 Å². The summed E-state index contributed by atoms with van der Waals surface area (Å²) < 4.78 is 0. The van der Waals surface area contributed by atoms with E-state index in [0.29, 0.717) is 12.5 Å². The van der Waals surface area contributed by atoms with Crippen molar-refractivity contribution in [3.05, 3.63) is 23.9 Å². The molecular weight excluding hydrogens is 262 g/mol. The average molecular weight is 291 g/mol. The molecule has 0 aromatic carbocycles. The third-order valence-corrected chi connectivity index (χ3v) is 3.67. The molecule has 5 nitrogen and oxygen atoms in total. The molecule has 0 spiro atoms. The van der Waals surface area contributed by atoms with Crippen LogP contribution in [0.15, 0.2) is 23.3 Å². The van der Waals surface area contributed by atoms with Crippen LogP contribution in [0.2, 0.25) is 0 Å². The molecule has 0 saturated carbocycles. The predicted octanol–water partition coefficient (Wildman–Crippen LogP) is 2.25. The van der Waals surface area contributed by atoms with Gasteiger partial charge in [-0.3, -0.25) is 4.99 Å². The van der Waals surface area contributed by atoms with Gasteiger partial charge in [-0.05, 0) is 12.0 Å². The summed E-state index contributed by atoms with van der Waals surface area (Å²) in [6, 6.07) is 4.05. The number of aliphatic imine (C=N–C) groups is 1. The van der Waals surface area contributed by atoms with Crippen LogP contribution in [0.4, 0.5) is 5.82 Å². The monoisotopic (exact) mass is 291 g/mol. The molecule has 1 heterocycles. The summed E-state index contributed by atoms with van der Waals surface area (Å²) in [5.74, 6) is 2.52. The largest absolute Gasteiger partial charge is 0.362 e. The number of anilines is 1. The van der Waals surface area contributed by atoms with Crippen LogP contribution in [0.1, 0.15) is 32.3 Å². The van der Waals surface area contributed by atoms with Crippen LogP contribution in [0.3, 0.4) is 0 Å². The Bertz CT molecular complexity index is 438. The second-order valence-electron chi connectivity index (χ2n) is 5.37. The van der Waals surface area contributed by atoms with E-state index in [9.17, 15) is 0 Å². The van der Waals surface area contributed by atoms with Crippen LogP contribution < -0.4 is 15.5 Å². The highest BCUT2D eigenvalue weighted by atomic mass is 15.2. The van der Waals surface area contributed by atoms with E-state index in [4.69, 9.17) is 0 Å². The fraction of sp³-hybridized carbons (Fsp3) is 0.625. The molecule has 0 fully saturated rings. The van der Waals surface area contributed by atoms with Crippen LogP contribution in [0.25, 0.3) is 0 Å². The van der Waals surface area contributed by atoms with E-state index in [0.717, 1.165) is 23.9 Å². The molecule has 0 radical (unpaired) electrons. The highest BCUT2D eigenvalue weighted by Gasteiger charge is 2.07. The standard InChI is InChI=1S/C16H29N5/c1-6-13(7-2)11-19-16(17-3)20-12-14-9-8-10-18-15(14)21(4)5/h8-10,13H,6-7,11-12H2,1-5H3,(H2,17,19,20). The van der Waals surface area contributed by atoms with Gasteiger partial charge in [0.2, 0.25) is 0 Å². The van der Waals surface area contributed by atoms with Gasteiger partial charge in [0.05, 0.1) is 0 Å². The molecule has 0 aliphatic heterocycles. The highest BCUT2D eigenvalue weighted by molar-refractivity contribution is 5.79. The third-order valence-electron chi connectivity index (χ3n) is 3.67. The zero-order valence-corrected chi connectivity index (χ0v) is 14.0. The van der Waals surface area contributed by atoms with Crippen LogP contribution in [0, 0.1) is 5.92 Å². The Balaban J connectivity index is 2.56. The van der Waals surface area contributed by atoms with Gasteiger partial charge in [0.15, 0.2) is 5.96 Å². The van der Waals surface area contributed by atoms with E-state index in [1.165, 1.54) is 12.8 Å². The Hall–Kier alpha value is -1.78. The predicted molar refractivity (Wildman–Crippen MR) is 90.8 cm³/mol. The minimum absolute atomic E-state index is 0.694. The highest BCUT2D eigenvalue weighted by Crippen LogP contribution is 2.13. The first-order valence-electron chi connectivity index (χ1n) is 7.68. The fourth-order valence-corrected chi connectivity index (χ4v) is 2.19. The number of rotatable bonds is 7. The first kappa shape index (κ1) is 17.3. The quantitative estimate of drug-likeness (QED) is 0.597. The van der Waals surface area contributed by atoms with Crippen molar-refractivity contribution in [2.24, 2.45) is 10.9 Å². The molecule has 1 aromatic heterocycles. The zero-order valence-electron chi connectivity index (χ0n) is 14.0. The summed E-state index contributed by atoms with van der Waals surface area (Å²) in [4.78, 5) is 10.7.